The maximum atomic E-state index is 10.1. The first-order valence-electron chi connectivity index (χ1n) is 3.40. The summed E-state index contributed by atoms with van der Waals surface area (Å²) in [6, 6.07) is 1.81. The lowest BCUT2D eigenvalue weighted by Gasteiger charge is -2.13. The molecule has 0 saturated heterocycles. The van der Waals surface area contributed by atoms with E-state index >= 15 is 0 Å². The normalized spacial score (nSPS) is 10.9. The van der Waals surface area contributed by atoms with Crippen LogP contribution in [0.4, 0.5) is 0 Å². The number of isocyanates is 1. The van der Waals surface area contributed by atoms with Crippen LogP contribution in [0.1, 0.15) is 18.7 Å². The van der Waals surface area contributed by atoms with Gasteiger partial charge >= 0.3 is 0 Å². The highest BCUT2D eigenvalue weighted by atomic mass is 35.5. The predicted octanol–water partition coefficient (Wildman–Crippen LogP) is 2.97. The van der Waals surface area contributed by atoms with Crippen molar-refractivity contribution in [2.45, 2.75) is 19.4 Å². The SMILES string of the molecule is CC(C)(N=C=O)c1cc(Cl)cs1. The smallest absolute Gasteiger partial charge is 0.211 e. The summed E-state index contributed by atoms with van der Waals surface area (Å²) in [5, 5.41) is 2.50. The van der Waals surface area contributed by atoms with E-state index in [4.69, 9.17) is 11.6 Å². The van der Waals surface area contributed by atoms with Crippen molar-refractivity contribution in [2.24, 2.45) is 4.99 Å². The van der Waals surface area contributed by atoms with Gasteiger partial charge in [0.2, 0.25) is 6.08 Å². The van der Waals surface area contributed by atoms with E-state index in [9.17, 15) is 4.79 Å². The lowest BCUT2D eigenvalue weighted by molar-refractivity contribution is 0.528. The Balaban J connectivity index is 3.04. The van der Waals surface area contributed by atoms with Gasteiger partial charge in [-0.3, -0.25) is 0 Å². The van der Waals surface area contributed by atoms with Gasteiger partial charge in [0.1, 0.15) is 5.54 Å². The van der Waals surface area contributed by atoms with Crippen LogP contribution in [0.15, 0.2) is 16.4 Å². The number of rotatable bonds is 2. The van der Waals surface area contributed by atoms with Gasteiger partial charge in [0.25, 0.3) is 0 Å². The molecule has 0 aliphatic carbocycles. The van der Waals surface area contributed by atoms with E-state index < -0.39 is 5.54 Å². The molecule has 0 N–H and O–H groups in total. The summed E-state index contributed by atoms with van der Waals surface area (Å²) in [5.74, 6) is 0. The molecule has 0 aliphatic heterocycles. The summed E-state index contributed by atoms with van der Waals surface area (Å²) in [7, 11) is 0. The fourth-order valence-electron chi connectivity index (χ4n) is 0.803. The summed E-state index contributed by atoms with van der Waals surface area (Å²) >= 11 is 7.23. The summed E-state index contributed by atoms with van der Waals surface area (Å²) in [4.78, 5) is 14.7. The van der Waals surface area contributed by atoms with Gasteiger partial charge in [-0.05, 0) is 19.9 Å². The molecule has 1 aromatic heterocycles. The Morgan fingerprint density at radius 2 is 2.33 bits per heavy atom. The monoisotopic (exact) mass is 201 g/mol. The molecule has 4 heteroatoms. The maximum absolute atomic E-state index is 10.1. The molecule has 12 heavy (non-hydrogen) atoms. The Bertz CT molecular complexity index is 326. The second-order valence-corrected chi connectivity index (χ2v) is 4.24. The van der Waals surface area contributed by atoms with Crippen LogP contribution in [-0.2, 0) is 10.3 Å². The molecule has 0 radical (unpaired) electrons. The fraction of sp³-hybridized carbons (Fsp3) is 0.375. The van der Waals surface area contributed by atoms with E-state index in [1.54, 1.807) is 6.08 Å². The van der Waals surface area contributed by atoms with Crippen molar-refractivity contribution in [1.82, 2.24) is 0 Å². The highest BCUT2D eigenvalue weighted by Crippen LogP contribution is 2.31. The zero-order valence-corrected chi connectivity index (χ0v) is 8.37. The van der Waals surface area contributed by atoms with Gasteiger partial charge in [0, 0.05) is 10.3 Å². The minimum Gasteiger partial charge on any atom is -0.211 e. The van der Waals surface area contributed by atoms with Gasteiger partial charge in [-0.2, -0.15) is 4.99 Å². The van der Waals surface area contributed by atoms with Crippen LogP contribution in [0, 0.1) is 0 Å². The average molecular weight is 202 g/mol. The maximum Gasteiger partial charge on any atom is 0.235 e. The van der Waals surface area contributed by atoms with Crippen molar-refractivity contribution >= 4 is 29.0 Å². The van der Waals surface area contributed by atoms with E-state index in [2.05, 4.69) is 4.99 Å². The molecule has 0 fully saturated rings. The molecule has 64 valence electrons. The van der Waals surface area contributed by atoms with Gasteiger partial charge in [0.05, 0.1) is 5.02 Å². The number of hydrogen-bond acceptors (Lipinski definition) is 3. The Labute approximate surface area is 79.9 Å². The lowest BCUT2D eigenvalue weighted by atomic mass is 10.1. The third-order valence-electron chi connectivity index (χ3n) is 1.50. The minimum absolute atomic E-state index is 0.500. The molecule has 1 aromatic rings. The van der Waals surface area contributed by atoms with Crippen molar-refractivity contribution in [2.75, 3.05) is 0 Å². The van der Waals surface area contributed by atoms with E-state index in [-0.39, 0.29) is 0 Å². The lowest BCUT2D eigenvalue weighted by Crippen LogP contribution is -2.10. The van der Waals surface area contributed by atoms with Gasteiger partial charge in [-0.1, -0.05) is 11.6 Å². The third-order valence-corrected chi connectivity index (χ3v) is 3.09. The number of hydrogen-bond donors (Lipinski definition) is 0. The van der Waals surface area contributed by atoms with Gasteiger partial charge in [0.15, 0.2) is 0 Å². The van der Waals surface area contributed by atoms with Crippen LogP contribution < -0.4 is 0 Å². The molecule has 0 spiro atoms. The number of carbonyl (C=O) groups excluding carboxylic acids is 1. The van der Waals surface area contributed by atoms with Crippen molar-refractivity contribution in [3.05, 3.63) is 21.3 Å². The molecule has 2 nitrogen and oxygen atoms in total. The van der Waals surface area contributed by atoms with Crippen molar-refractivity contribution in [3.8, 4) is 0 Å². The molecule has 0 aromatic carbocycles. The second kappa shape index (κ2) is 3.40. The minimum atomic E-state index is -0.500. The number of aliphatic imine (C=N–C) groups is 1. The summed E-state index contributed by atoms with van der Waals surface area (Å²) < 4.78 is 0. The van der Waals surface area contributed by atoms with Crippen molar-refractivity contribution < 1.29 is 4.79 Å². The molecule has 0 amide bonds. The van der Waals surface area contributed by atoms with Gasteiger partial charge in [-0.15, -0.1) is 11.3 Å². The molecular formula is C8H8ClNOS. The molecule has 0 saturated carbocycles. The molecule has 0 bridgehead atoms. The largest absolute Gasteiger partial charge is 0.235 e. The highest BCUT2D eigenvalue weighted by Gasteiger charge is 2.21. The first-order valence-corrected chi connectivity index (χ1v) is 4.65. The fourth-order valence-corrected chi connectivity index (χ4v) is 1.95. The van der Waals surface area contributed by atoms with Gasteiger partial charge in [-0.25, -0.2) is 4.79 Å². The standard InChI is InChI=1S/C8H8ClNOS/c1-8(2,10-5-11)7-3-6(9)4-12-7/h3-4H,1-2H3. The second-order valence-electron chi connectivity index (χ2n) is 2.89. The van der Waals surface area contributed by atoms with Crippen LogP contribution in [0.25, 0.3) is 0 Å². The van der Waals surface area contributed by atoms with Crippen molar-refractivity contribution in [1.29, 1.82) is 0 Å². The summed E-state index contributed by atoms with van der Waals surface area (Å²) in [6.45, 7) is 3.69. The molecular weight excluding hydrogens is 194 g/mol. The quantitative estimate of drug-likeness (QED) is 0.534. The number of thiophene rings is 1. The molecule has 1 heterocycles. The molecule has 1 rings (SSSR count). The molecule has 0 aliphatic rings. The average Bonchev–Trinajstić information content (AvgIpc) is 2.36. The topological polar surface area (TPSA) is 29.4 Å². The van der Waals surface area contributed by atoms with Crippen LogP contribution >= 0.6 is 22.9 Å². The first-order chi connectivity index (χ1) is 5.56. The molecule has 0 unspecified atom stereocenters. The van der Waals surface area contributed by atoms with Crippen LogP contribution in [0.3, 0.4) is 0 Å². The predicted molar refractivity (Wildman–Crippen MR) is 50.5 cm³/mol. The zero-order valence-electron chi connectivity index (χ0n) is 6.80. The highest BCUT2D eigenvalue weighted by molar-refractivity contribution is 7.10. The Morgan fingerprint density at radius 1 is 1.67 bits per heavy atom. The number of nitrogens with zero attached hydrogens (tertiary/aromatic N) is 1. The van der Waals surface area contributed by atoms with Gasteiger partial charge < -0.3 is 0 Å². The van der Waals surface area contributed by atoms with Crippen LogP contribution in [0.5, 0.6) is 0 Å². The van der Waals surface area contributed by atoms with E-state index in [1.807, 2.05) is 25.3 Å². The summed E-state index contributed by atoms with van der Waals surface area (Å²) in [5.41, 5.74) is -0.500. The van der Waals surface area contributed by atoms with Crippen molar-refractivity contribution in [3.63, 3.8) is 0 Å². The van der Waals surface area contributed by atoms with Crippen LogP contribution in [0.2, 0.25) is 5.02 Å². The third kappa shape index (κ3) is 1.95. The zero-order chi connectivity index (χ0) is 9.19. The van der Waals surface area contributed by atoms with E-state index in [0.717, 1.165) is 4.88 Å². The number of halogens is 1. The van der Waals surface area contributed by atoms with Crippen LogP contribution in [-0.4, -0.2) is 6.08 Å². The van der Waals surface area contributed by atoms with E-state index in [0.29, 0.717) is 5.02 Å². The summed E-state index contributed by atoms with van der Waals surface area (Å²) in [6.07, 6.45) is 1.55. The Morgan fingerprint density at radius 3 is 2.75 bits per heavy atom. The molecule has 0 atom stereocenters. The Hall–Kier alpha value is -0.630. The Kier molecular flexibility index (Phi) is 2.68. The van der Waals surface area contributed by atoms with E-state index in [1.165, 1.54) is 11.3 Å². The first kappa shape index (κ1) is 9.46.